The minimum atomic E-state index is -0.448. The Labute approximate surface area is 157 Å². The van der Waals surface area contributed by atoms with Gasteiger partial charge in [0.15, 0.2) is 0 Å². The van der Waals surface area contributed by atoms with E-state index in [1.165, 1.54) is 0 Å². The second kappa shape index (κ2) is 7.90. The molecule has 2 unspecified atom stereocenters. The van der Waals surface area contributed by atoms with E-state index >= 15 is 0 Å². The maximum atomic E-state index is 11.6. The third-order valence-electron chi connectivity index (χ3n) is 4.87. The molecule has 0 spiro atoms. The zero-order valence-electron chi connectivity index (χ0n) is 14.9. The number of urea groups is 1. The van der Waals surface area contributed by atoms with Gasteiger partial charge in [0.05, 0.1) is 31.8 Å². The van der Waals surface area contributed by atoms with Crippen LogP contribution in [0.15, 0.2) is 48.5 Å². The third-order valence-corrected chi connectivity index (χ3v) is 4.87. The molecule has 6 heteroatoms. The minimum absolute atomic E-state index is 0.179. The van der Waals surface area contributed by atoms with E-state index in [4.69, 9.17) is 9.47 Å². The van der Waals surface area contributed by atoms with Gasteiger partial charge in [-0.25, -0.2) is 4.79 Å². The Hall–Kier alpha value is -2.70. The lowest BCUT2D eigenvalue weighted by Crippen LogP contribution is -2.48. The molecular formula is C21H22N2O4. The Morgan fingerprint density at radius 3 is 2.67 bits per heavy atom. The van der Waals surface area contributed by atoms with Crippen molar-refractivity contribution in [3.05, 3.63) is 59.7 Å². The summed E-state index contributed by atoms with van der Waals surface area (Å²) in [5.74, 6) is -0.260. The van der Waals surface area contributed by atoms with Gasteiger partial charge in [-0.3, -0.25) is 10.1 Å². The van der Waals surface area contributed by atoms with Crippen LogP contribution in [-0.4, -0.2) is 31.3 Å². The van der Waals surface area contributed by atoms with E-state index in [0.29, 0.717) is 13.2 Å². The van der Waals surface area contributed by atoms with E-state index in [2.05, 4.69) is 22.8 Å². The van der Waals surface area contributed by atoms with E-state index < -0.39 is 6.03 Å². The highest BCUT2D eigenvalue weighted by atomic mass is 16.5. The highest BCUT2D eigenvalue weighted by Crippen LogP contribution is 2.27. The molecule has 4 rings (SSSR count). The molecule has 0 aromatic heterocycles. The van der Waals surface area contributed by atoms with Crippen LogP contribution in [0.5, 0.6) is 0 Å². The zero-order chi connectivity index (χ0) is 18.6. The number of imide groups is 1. The summed E-state index contributed by atoms with van der Waals surface area (Å²) in [5.41, 5.74) is 4.14. The molecule has 2 N–H and O–H groups in total. The molecule has 6 nitrogen and oxygen atoms in total. The Morgan fingerprint density at radius 1 is 1.07 bits per heavy atom. The quantitative estimate of drug-likeness (QED) is 0.853. The molecule has 2 aromatic rings. The molecule has 2 atom stereocenters. The molecule has 0 saturated carbocycles. The van der Waals surface area contributed by atoms with Crippen molar-refractivity contribution in [2.45, 2.75) is 31.6 Å². The fourth-order valence-electron chi connectivity index (χ4n) is 3.44. The van der Waals surface area contributed by atoms with Gasteiger partial charge in [-0.15, -0.1) is 0 Å². The zero-order valence-corrected chi connectivity index (χ0v) is 14.9. The maximum absolute atomic E-state index is 11.6. The molecule has 2 fully saturated rings. The SMILES string of the molecule is O=C1CC(c2cccc(-c3cccc(COC4CCOC4)c3)c2)NC(=O)N1. The van der Waals surface area contributed by atoms with Crippen LogP contribution in [0.25, 0.3) is 11.1 Å². The first-order valence-electron chi connectivity index (χ1n) is 9.16. The number of carbonyl (C=O) groups excluding carboxylic acids is 2. The Morgan fingerprint density at radius 2 is 1.89 bits per heavy atom. The molecule has 140 valence electrons. The first kappa shape index (κ1) is 17.7. The summed E-state index contributed by atoms with van der Waals surface area (Å²) in [7, 11) is 0. The van der Waals surface area contributed by atoms with Crippen LogP contribution >= 0.6 is 0 Å². The van der Waals surface area contributed by atoms with Gasteiger partial charge in [-0.2, -0.15) is 0 Å². The van der Waals surface area contributed by atoms with Gasteiger partial charge in [0, 0.05) is 6.61 Å². The summed E-state index contributed by atoms with van der Waals surface area (Å²) in [6.07, 6.45) is 1.37. The molecule has 0 radical (unpaired) electrons. The van der Waals surface area contributed by atoms with Crippen LogP contribution in [0.4, 0.5) is 4.79 Å². The molecule has 0 aliphatic carbocycles. The molecule has 27 heavy (non-hydrogen) atoms. The molecule has 3 amide bonds. The van der Waals surface area contributed by atoms with Crippen LogP contribution in [0.1, 0.15) is 30.0 Å². The second-order valence-electron chi connectivity index (χ2n) is 6.90. The third kappa shape index (κ3) is 4.35. The van der Waals surface area contributed by atoms with Gasteiger partial charge in [0.1, 0.15) is 0 Å². The van der Waals surface area contributed by atoms with E-state index in [1.807, 2.05) is 36.4 Å². The van der Waals surface area contributed by atoms with Crippen molar-refractivity contribution in [2.75, 3.05) is 13.2 Å². The van der Waals surface area contributed by atoms with Crippen molar-refractivity contribution >= 4 is 11.9 Å². The Balaban J connectivity index is 1.50. The van der Waals surface area contributed by atoms with E-state index in [1.54, 1.807) is 0 Å². The number of ether oxygens (including phenoxy) is 2. The topological polar surface area (TPSA) is 76.7 Å². The normalized spacial score (nSPS) is 22.4. The summed E-state index contributed by atoms with van der Waals surface area (Å²) >= 11 is 0. The minimum Gasteiger partial charge on any atom is -0.379 e. The summed E-state index contributed by atoms with van der Waals surface area (Å²) in [6.45, 7) is 2.00. The largest absolute Gasteiger partial charge is 0.379 e. The predicted molar refractivity (Wildman–Crippen MR) is 99.9 cm³/mol. The predicted octanol–water partition coefficient (Wildman–Crippen LogP) is 2.93. The summed E-state index contributed by atoms with van der Waals surface area (Å²) in [5, 5.41) is 5.06. The van der Waals surface area contributed by atoms with Crippen molar-refractivity contribution in [3.8, 4) is 11.1 Å². The van der Waals surface area contributed by atoms with Crippen molar-refractivity contribution in [3.63, 3.8) is 0 Å². The number of nitrogens with one attached hydrogen (secondary N) is 2. The molecule has 2 aliphatic heterocycles. The van der Waals surface area contributed by atoms with E-state index in [-0.39, 0.29) is 24.5 Å². The Kier molecular flexibility index (Phi) is 5.18. The lowest BCUT2D eigenvalue weighted by atomic mass is 9.96. The van der Waals surface area contributed by atoms with Crippen LogP contribution in [-0.2, 0) is 20.9 Å². The van der Waals surface area contributed by atoms with Crippen molar-refractivity contribution in [2.24, 2.45) is 0 Å². The lowest BCUT2D eigenvalue weighted by molar-refractivity contribution is -0.121. The smallest absolute Gasteiger partial charge is 0.321 e. The average Bonchev–Trinajstić information content (AvgIpc) is 3.20. The molecule has 2 heterocycles. The van der Waals surface area contributed by atoms with Gasteiger partial charge in [0.25, 0.3) is 0 Å². The average molecular weight is 366 g/mol. The monoisotopic (exact) mass is 366 g/mol. The first-order chi connectivity index (χ1) is 13.2. The lowest BCUT2D eigenvalue weighted by Gasteiger charge is -2.23. The number of hydrogen-bond acceptors (Lipinski definition) is 4. The number of amides is 3. The first-order valence-corrected chi connectivity index (χ1v) is 9.16. The van der Waals surface area contributed by atoms with Gasteiger partial charge < -0.3 is 14.8 Å². The molecule has 2 saturated heterocycles. The van der Waals surface area contributed by atoms with Gasteiger partial charge in [0.2, 0.25) is 5.91 Å². The number of hydrogen-bond donors (Lipinski definition) is 2. The van der Waals surface area contributed by atoms with Crippen LogP contribution in [0.2, 0.25) is 0 Å². The van der Waals surface area contributed by atoms with Crippen molar-refractivity contribution < 1.29 is 19.1 Å². The molecular weight excluding hydrogens is 344 g/mol. The summed E-state index contributed by atoms with van der Waals surface area (Å²) in [6, 6.07) is 15.4. The maximum Gasteiger partial charge on any atom is 0.321 e. The fourth-order valence-corrected chi connectivity index (χ4v) is 3.44. The van der Waals surface area contributed by atoms with E-state index in [0.717, 1.165) is 35.3 Å². The summed E-state index contributed by atoms with van der Waals surface area (Å²) < 4.78 is 11.2. The molecule has 2 aromatic carbocycles. The van der Waals surface area contributed by atoms with Crippen molar-refractivity contribution in [1.82, 2.24) is 10.6 Å². The van der Waals surface area contributed by atoms with Gasteiger partial charge in [-0.1, -0.05) is 36.4 Å². The second-order valence-corrected chi connectivity index (χ2v) is 6.90. The van der Waals surface area contributed by atoms with Gasteiger partial charge in [-0.05, 0) is 40.8 Å². The van der Waals surface area contributed by atoms with E-state index in [9.17, 15) is 9.59 Å². The van der Waals surface area contributed by atoms with Crippen LogP contribution < -0.4 is 10.6 Å². The van der Waals surface area contributed by atoms with Crippen LogP contribution in [0, 0.1) is 0 Å². The highest BCUT2D eigenvalue weighted by Gasteiger charge is 2.25. The van der Waals surface area contributed by atoms with Crippen LogP contribution in [0.3, 0.4) is 0 Å². The number of benzene rings is 2. The Bertz CT molecular complexity index is 830. The molecule has 2 aliphatic rings. The number of carbonyl (C=O) groups is 2. The standard InChI is InChI=1S/C21H22N2O4/c24-20-11-19(22-21(25)23-20)17-6-2-5-16(10-17)15-4-1-3-14(9-15)12-27-18-7-8-26-13-18/h1-6,9-10,18-19H,7-8,11-13H2,(H2,22,23,24,25). The van der Waals surface area contributed by atoms with Crippen molar-refractivity contribution in [1.29, 1.82) is 0 Å². The van der Waals surface area contributed by atoms with Gasteiger partial charge >= 0.3 is 6.03 Å². The highest BCUT2D eigenvalue weighted by molar-refractivity contribution is 5.97. The molecule has 0 bridgehead atoms. The summed E-state index contributed by atoms with van der Waals surface area (Å²) in [4.78, 5) is 23.2. The number of rotatable bonds is 5. The fraction of sp³-hybridized carbons (Fsp3) is 0.333.